The van der Waals surface area contributed by atoms with Gasteiger partial charge in [0.1, 0.15) is 0 Å². The van der Waals surface area contributed by atoms with E-state index in [-0.39, 0.29) is 36.3 Å². The topological polar surface area (TPSA) is 67.9 Å². The van der Waals surface area contributed by atoms with Crippen LogP contribution in [-0.2, 0) is 16.1 Å². The van der Waals surface area contributed by atoms with Crippen molar-refractivity contribution in [2.24, 2.45) is 0 Å². The first-order valence-corrected chi connectivity index (χ1v) is 9.67. The van der Waals surface area contributed by atoms with Gasteiger partial charge in [0, 0.05) is 24.9 Å². The molecule has 0 aliphatic carbocycles. The maximum Gasteiger partial charge on any atom is 0.387 e. The molecule has 1 N–H and O–H groups in total. The summed E-state index contributed by atoms with van der Waals surface area (Å²) >= 11 is 1.36. The van der Waals surface area contributed by atoms with E-state index in [0.29, 0.717) is 5.56 Å². The number of halogens is 2. The first-order valence-electron chi connectivity index (χ1n) is 8.79. The zero-order valence-corrected chi connectivity index (χ0v) is 16.7. The van der Waals surface area contributed by atoms with Crippen molar-refractivity contribution in [1.82, 2.24) is 4.90 Å². The maximum absolute atomic E-state index is 12.6. The molecule has 1 unspecified atom stereocenters. The minimum atomic E-state index is -2.96. The van der Waals surface area contributed by atoms with Gasteiger partial charge >= 0.3 is 6.61 Å². The molecule has 2 amide bonds. The van der Waals surface area contributed by atoms with Gasteiger partial charge in [-0.3, -0.25) is 9.59 Å². The van der Waals surface area contributed by atoms with Crippen molar-refractivity contribution in [2.75, 3.05) is 19.5 Å². The number of para-hydroxylation sites is 1. The molecule has 1 aliphatic heterocycles. The third-order valence-corrected chi connectivity index (χ3v) is 5.63. The van der Waals surface area contributed by atoms with E-state index in [9.17, 15) is 18.4 Å². The molecule has 1 aliphatic rings. The number of thioether (sulfide) groups is 1. The minimum absolute atomic E-state index is 0.0467. The molecule has 2 aromatic carbocycles. The summed E-state index contributed by atoms with van der Waals surface area (Å²) in [5.41, 5.74) is 1.43. The lowest BCUT2D eigenvalue weighted by atomic mass is 10.1. The zero-order chi connectivity index (χ0) is 21.0. The summed E-state index contributed by atoms with van der Waals surface area (Å²) in [6.45, 7) is -2.72. The van der Waals surface area contributed by atoms with E-state index >= 15 is 0 Å². The van der Waals surface area contributed by atoms with E-state index in [1.807, 2.05) is 24.3 Å². The predicted octanol–water partition coefficient (Wildman–Crippen LogP) is 3.76. The molecule has 0 spiro atoms. The van der Waals surface area contributed by atoms with Gasteiger partial charge < -0.3 is 19.7 Å². The number of methoxy groups -OCH3 is 1. The Labute approximate surface area is 171 Å². The number of ether oxygens (including phenoxy) is 2. The second-order valence-electron chi connectivity index (χ2n) is 6.41. The standard InChI is InChI=1S/C20H20F2N2O4S/c1-24(11-12-7-8-14(28-20(21)22)15(9-12)27-2)18(25)10-17-19(26)23-13-5-3-4-6-16(13)29-17/h3-9,17,20H,10-11H2,1-2H3,(H,23,26). The summed E-state index contributed by atoms with van der Waals surface area (Å²) in [5, 5.41) is 2.30. The maximum atomic E-state index is 12.6. The lowest BCUT2D eigenvalue weighted by molar-refractivity contribution is -0.131. The number of amides is 2. The summed E-state index contributed by atoms with van der Waals surface area (Å²) in [7, 11) is 2.97. The van der Waals surface area contributed by atoms with Crippen molar-refractivity contribution in [2.45, 2.75) is 29.7 Å². The predicted molar refractivity (Wildman–Crippen MR) is 105 cm³/mol. The van der Waals surface area contributed by atoms with Gasteiger partial charge in [-0.15, -0.1) is 11.8 Å². The average molecular weight is 422 g/mol. The molecule has 0 fully saturated rings. The van der Waals surface area contributed by atoms with Crippen LogP contribution in [0, 0.1) is 0 Å². The number of carbonyl (C=O) groups is 2. The largest absolute Gasteiger partial charge is 0.493 e. The van der Waals surface area contributed by atoms with Crippen molar-refractivity contribution < 1.29 is 27.8 Å². The Hall–Kier alpha value is -2.81. The fraction of sp³-hybridized carbons (Fsp3) is 0.300. The van der Waals surface area contributed by atoms with Gasteiger partial charge in [0.05, 0.1) is 18.0 Å². The van der Waals surface area contributed by atoms with Crippen LogP contribution in [0.15, 0.2) is 47.4 Å². The van der Waals surface area contributed by atoms with E-state index in [1.54, 1.807) is 19.2 Å². The third kappa shape index (κ3) is 5.17. The molecule has 6 nitrogen and oxygen atoms in total. The Morgan fingerprint density at radius 2 is 2.00 bits per heavy atom. The van der Waals surface area contributed by atoms with Crippen LogP contribution in [0.4, 0.5) is 14.5 Å². The Morgan fingerprint density at radius 3 is 2.72 bits per heavy atom. The Kier molecular flexibility index (Phi) is 6.58. The number of carbonyl (C=O) groups excluding carboxylic acids is 2. The highest BCUT2D eigenvalue weighted by molar-refractivity contribution is 8.01. The van der Waals surface area contributed by atoms with Crippen LogP contribution in [0.3, 0.4) is 0 Å². The first kappa shape index (κ1) is 20.9. The van der Waals surface area contributed by atoms with Gasteiger partial charge in [-0.1, -0.05) is 18.2 Å². The van der Waals surface area contributed by atoms with Gasteiger partial charge in [-0.2, -0.15) is 8.78 Å². The summed E-state index contributed by atoms with van der Waals surface area (Å²) in [6.07, 6.45) is 0.0467. The van der Waals surface area contributed by atoms with Gasteiger partial charge in [-0.05, 0) is 29.8 Å². The molecule has 2 aromatic rings. The fourth-order valence-corrected chi connectivity index (χ4v) is 4.01. The van der Waals surface area contributed by atoms with Crippen LogP contribution in [-0.4, -0.2) is 42.7 Å². The van der Waals surface area contributed by atoms with Gasteiger partial charge in [-0.25, -0.2) is 0 Å². The minimum Gasteiger partial charge on any atom is -0.493 e. The molecule has 0 saturated heterocycles. The van der Waals surface area contributed by atoms with Crippen LogP contribution in [0.1, 0.15) is 12.0 Å². The van der Waals surface area contributed by atoms with Crippen molar-refractivity contribution in [3.8, 4) is 11.5 Å². The van der Waals surface area contributed by atoms with Crippen LogP contribution in [0.5, 0.6) is 11.5 Å². The second kappa shape index (κ2) is 9.13. The number of hydrogen-bond acceptors (Lipinski definition) is 5. The Morgan fingerprint density at radius 1 is 1.24 bits per heavy atom. The van der Waals surface area contributed by atoms with Gasteiger partial charge in [0.15, 0.2) is 11.5 Å². The molecule has 3 rings (SSSR count). The van der Waals surface area contributed by atoms with Crippen molar-refractivity contribution in [3.63, 3.8) is 0 Å². The molecule has 154 valence electrons. The monoisotopic (exact) mass is 422 g/mol. The molecular weight excluding hydrogens is 402 g/mol. The molecule has 0 bridgehead atoms. The van der Waals surface area contributed by atoms with E-state index in [0.717, 1.165) is 10.6 Å². The number of nitrogens with zero attached hydrogens (tertiary/aromatic N) is 1. The molecule has 0 aromatic heterocycles. The van der Waals surface area contributed by atoms with Crippen molar-refractivity contribution >= 4 is 29.3 Å². The fourth-order valence-electron chi connectivity index (χ4n) is 2.91. The van der Waals surface area contributed by atoms with Crippen molar-refractivity contribution in [3.05, 3.63) is 48.0 Å². The molecule has 0 saturated carbocycles. The molecule has 1 atom stereocenters. The van der Waals surface area contributed by atoms with E-state index < -0.39 is 11.9 Å². The van der Waals surface area contributed by atoms with Crippen LogP contribution < -0.4 is 14.8 Å². The summed E-state index contributed by atoms with van der Waals surface area (Å²) in [5.74, 6) is -0.328. The number of alkyl halides is 2. The summed E-state index contributed by atoms with van der Waals surface area (Å²) in [4.78, 5) is 27.3. The SMILES string of the molecule is COc1cc(CN(C)C(=O)CC2Sc3ccccc3NC2=O)ccc1OC(F)F. The van der Waals surface area contributed by atoms with Crippen molar-refractivity contribution in [1.29, 1.82) is 0 Å². The number of hydrogen-bond donors (Lipinski definition) is 1. The van der Waals surface area contributed by atoms with E-state index in [2.05, 4.69) is 10.1 Å². The van der Waals surface area contributed by atoms with E-state index in [1.165, 1.54) is 29.8 Å². The molecule has 1 heterocycles. The Bertz CT molecular complexity index is 910. The van der Waals surface area contributed by atoms with Crippen LogP contribution in [0.25, 0.3) is 0 Å². The quantitative estimate of drug-likeness (QED) is 0.736. The highest BCUT2D eigenvalue weighted by Crippen LogP contribution is 2.37. The highest BCUT2D eigenvalue weighted by Gasteiger charge is 2.29. The average Bonchev–Trinajstić information content (AvgIpc) is 2.69. The molecule has 29 heavy (non-hydrogen) atoms. The van der Waals surface area contributed by atoms with Crippen LogP contribution >= 0.6 is 11.8 Å². The molecular formula is C20H20F2N2O4S. The number of nitrogens with one attached hydrogen (secondary N) is 1. The number of fused-ring (bicyclic) bond motifs is 1. The highest BCUT2D eigenvalue weighted by atomic mass is 32.2. The number of benzene rings is 2. The summed E-state index contributed by atoms with van der Waals surface area (Å²) < 4.78 is 34.3. The zero-order valence-electron chi connectivity index (χ0n) is 15.9. The van der Waals surface area contributed by atoms with Crippen LogP contribution in [0.2, 0.25) is 0 Å². The van der Waals surface area contributed by atoms with Gasteiger partial charge in [0.2, 0.25) is 11.8 Å². The lowest BCUT2D eigenvalue weighted by Crippen LogP contribution is -2.35. The molecule has 0 radical (unpaired) electrons. The summed E-state index contributed by atoms with van der Waals surface area (Å²) in [6, 6.07) is 11.9. The third-order valence-electron chi connectivity index (χ3n) is 4.36. The number of anilines is 1. The smallest absolute Gasteiger partial charge is 0.387 e. The van der Waals surface area contributed by atoms with Gasteiger partial charge in [0.25, 0.3) is 0 Å². The number of rotatable bonds is 7. The molecule has 9 heteroatoms. The second-order valence-corrected chi connectivity index (χ2v) is 7.65. The lowest BCUT2D eigenvalue weighted by Gasteiger charge is -2.25. The van der Waals surface area contributed by atoms with E-state index in [4.69, 9.17) is 4.74 Å². The Balaban J connectivity index is 1.63. The first-order chi connectivity index (χ1) is 13.9. The normalized spacial score (nSPS) is 15.5.